The Morgan fingerprint density at radius 2 is 1.65 bits per heavy atom. The number of nitrogens with two attached hydrogens (primary N) is 1. The molecule has 0 aliphatic heterocycles. The highest BCUT2D eigenvalue weighted by molar-refractivity contribution is 7.94. The van der Waals surface area contributed by atoms with E-state index in [2.05, 4.69) is 38.9 Å². The lowest BCUT2D eigenvalue weighted by Crippen LogP contribution is -2.25. The summed E-state index contributed by atoms with van der Waals surface area (Å²) in [5.74, 6) is -3.59. The van der Waals surface area contributed by atoms with Crippen LogP contribution in [0.15, 0.2) is 53.9 Å². The third-order valence-electron chi connectivity index (χ3n) is 5.89. The number of aliphatic carboxylic acids is 1. The zero-order valence-corrected chi connectivity index (χ0v) is 33.4. The number of nitro groups is 1. The molecule has 3 aromatic heterocycles. The van der Waals surface area contributed by atoms with Crippen LogP contribution in [0.1, 0.15) is 11.3 Å². The van der Waals surface area contributed by atoms with Crippen LogP contribution in [-0.4, -0.2) is 90.3 Å². The Balaban J connectivity index is 0.000000299. The van der Waals surface area contributed by atoms with Crippen molar-refractivity contribution in [3.05, 3.63) is 91.8 Å². The Labute approximate surface area is 331 Å². The number of sulfonamides is 1. The second kappa shape index (κ2) is 20.1. The van der Waals surface area contributed by atoms with E-state index in [0.717, 1.165) is 33.6 Å². The van der Waals surface area contributed by atoms with E-state index in [-0.39, 0.29) is 21.5 Å². The number of aromatic nitrogens is 6. The molecule has 0 fully saturated rings. The number of halogens is 7. The number of carbonyl (C=O) groups is 1. The van der Waals surface area contributed by atoms with Crippen LogP contribution in [0.25, 0.3) is 11.5 Å². The Morgan fingerprint density at radius 3 is 2.11 bits per heavy atom. The number of anilines is 2. The zero-order valence-electron chi connectivity index (χ0n) is 29.4. The highest BCUT2D eigenvalue weighted by Gasteiger charge is 2.33. The lowest BCUT2D eigenvalue weighted by molar-refractivity contribution is -0.383. The van der Waals surface area contributed by atoms with E-state index in [9.17, 15) is 54.7 Å². The summed E-state index contributed by atoms with van der Waals surface area (Å²) in [5, 5.41) is 26.6. The molecule has 3 heterocycles. The van der Waals surface area contributed by atoms with Crippen molar-refractivity contribution in [2.45, 2.75) is 18.3 Å². The van der Waals surface area contributed by atoms with Crippen molar-refractivity contribution >= 4 is 80.7 Å². The number of aryl methyl sites for hydroxylation is 1. The average Bonchev–Trinajstić information content (AvgIpc) is 3.66. The fourth-order valence-electron chi connectivity index (χ4n) is 3.64. The smallest absolute Gasteiger partial charge is 0.416 e. The maximum atomic E-state index is 13.5. The number of rotatable bonds is 9. The maximum Gasteiger partial charge on any atom is 0.416 e. The number of benzene rings is 2. The van der Waals surface area contributed by atoms with Gasteiger partial charge in [-0.3, -0.25) is 24.9 Å². The second-order valence-corrected chi connectivity index (χ2v) is 17.6. The second-order valence-electron chi connectivity index (χ2n) is 11.1. The van der Waals surface area contributed by atoms with Crippen molar-refractivity contribution < 1.29 is 59.5 Å². The highest BCUT2D eigenvalue weighted by atomic mass is 35.5. The minimum atomic E-state index is -4.63. The van der Waals surface area contributed by atoms with Crippen molar-refractivity contribution in [3.8, 4) is 5.69 Å². The monoisotopic (exact) mass is 910 g/mol. The number of carboxylic acid groups (broad SMARTS) is 1. The van der Waals surface area contributed by atoms with Gasteiger partial charge in [0.25, 0.3) is 21.0 Å². The number of para-hydroxylation sites is 1. The molecule has 0 amide bonds. The predicted molar refractivity (Wildman–Crippen MR) is 198 cm³/mol. The van der Waals surface area contributed by atoms with E-state index in [1.807, 2.05) is 5.32 Å². The Kier molecular flexibility index (Phi) is 17.1. The van der Waals surface area contributed by atoms with Crippen molar-refractivity contribution in [2.75, 3.05) is 42.1 Å². The summed E-state index contributed by atoms with van der Waals surface area (Å²) in [6.45, 7) is 1.22. The van der Waals surface area contributed by atoms with Gasteiger partial charge in [-0.2, -0.15) is 31.7 Å². The van der Waals surface area contributed by atoms with Crippen LogP contribution in [0.2, 0.25) is 10.0 Å². The molecule has 5 rings (SSSR count). The van der Waals surface area contributed by atoms with Crippen LogP contribution in [0, 0.1) is 28.7 Å². The van der Waals surface area contributed by atoms with Gasteiger partial charge >= 0.3 is 17.8 Å². The number of carboxylic acids is 1. The first-order chi connectivity index (χ1) is 26.1. The molecule has 0 saturated carbocycles. The first-order valence-electron chi connectivity index (χ1n) is 14.8. The van der Waals surface area contributed by atoms with Gasteiger partial charge in [0.2, 0.25) is 5.82 Å². The van der Waals surface area contributed by atoms with E-state index in [0.29, 0.717) is 28.7 Å². The quantitative estimate of drug-likeness (QED) is 0.0462. The largest absolute Gasteiger partial charge is 0.778 e. The van der Waals surface area contributed by atoms with Gasteiger partial charge in [-0.1, -0.05) is 29.3 Å². The molecule has 312 valence electrons. The number of fused-ring (bicyclic) bond motifs is 1. The van der Waals surface area contributed by atoms with Gasteiger partial charge in [0.15, 0.2) is 0 Å². The van der Waals surface area contributed by atoms with Crippen LogP contribution in [0.4, 0.5) is 39.1 Å². The van der Waals surface area contributed by atoms with E-state index in [4.69, 9.17) is 38.9 Å². The van der Waals surface area contributed by atoms with Crippen LogP contribution in [0.3, 0.4) is 0 Å². The van der Waals surface area contributed by atoms with Crippen LogP contribution in [0.5, 0.6) is 0 Å². The molecule has 1 atom stereocenters. The fraction of sp³-hybridized carbons (Fsp3) is 0.250. The molecule has 0 saturated heterocycles. The van der Waals surface area contributed by atoms with Gasteiger partial charge in [-0.15, -0.1) is 5.10 Å². The molecule has 6 N–H and O–H groups in total. The minimum Gasteiger partial charge on any atom is -0.778 e. The number of nitrogens with zero attached hydrogens (tertiary/aromatic N) is 7. The fourth-order valence-corrected chi connectivity index (χ4v) is 5.63. The van der Waals surface area contributed by atoms with Gasteiger partial charge in [0.1, 0.15) is 36.8 Å². The molecule has 0 aliphatic carbocycles. The standard InChI is InChI=1S/C12H9F2N5O2S.C10H5Cl2F3N4O2.C3H8NO5P.C3H9S/c1-7-5-6-19-11(15-7)16-12(17-19)22(20,21)18-10-8(13)3-2-4-9(10)14;11-5-1-4(10(13,14)15)2-6(12)8(5)18-9(16)7(3-17-18)19(20)21;5-3(6)1-4-2-10(7,8)9;1-4(2)3/h2-6,18H,1H3;1-3H,16H2;4H,1-2H2,(H,5,6)(H2,7,8,9);1-3H3/q;;;+1/p-1. The Hall–Kier alpha value is -4.69. The third kappa shape index (κ3) is 15.0. The van der Waals surface area contributed by atoms with Crippen molar-refractivity contribution in [3.63, 3.8) is 0 Å². The summed E-state index contributed by atoms with van der Waals surface area (Å²) in [6.07, 6.45) is 3.57. The van der Waals surface area contributed by atoms with Crippen molar-refractivity contribution in [1.29, 1.82) is 0 Å². The van der Waals surface area contributed by atoms with Crippen molar-refractivity contribution in [1.82, 2.24) is 34.7 Å². The molecule has 0 aliphatic rings. The minimum absolute atomic E-state index is 0.0642. The zero-order chi connectivity index (χ0) is 43.6. The van der Waals surface area contributed by atoms with E-state index in [1.165, 1.54) is 6.20 Å². The summed E-state index contributed by atoms with van der Waals surface area (Å²) in [4.78, 5) is 45.4. The molecule has 1 unspecified atom stereocenters. The van der Waals surface area contributed by atoms with Gasteiger partial charge < -0.3 is 25.2 Å². The molecule has 0 bridgehead atoms. The Morgan fingerprint density at radius 1 is 1.11 bits per heavy atom. The van der Waals surface area contributed by atoms with E-state index in [1.54, 1.807) is 17.7 Å². The third-order valence-corrected chi connectivity index (χ3v) is 8.22. The topological polar surface area (TPSA) is 286 Å². The number of alkyl halides is 3. The Bertz CT molecular complexity index is 2340. The molecule has 19 nitrogen and oxygen atoms in total. The lowest BCUT2D eigenvalue weighted by atomic mass is 10.2. The molecule has 0 radical (unpaired) electrons. The number of hydrogen-bond acceptors (Lipinski definition) is 13. The van der Waals surface area contributed by atoms with E-state index >= 15 is 0 Å². The number of nitrogen functional groups attached to an aromatic ring is 1. The first kappa shape index (κ1) is 48.5. The molecule has 0 spiro atoms. The van der Waals surface area contributed by atoms with Gasteiger partial charge in [0.05, 0.1) is 52.1 Å². The summed E-state index contributed by atoms with van der Waals surface area (Å²) < 4.78 is 103. The number of hydrogen-bond donors (Lipinski definition) is 5. The average molecular weight is 912 g/mol. The summed E-state index contributed by atoms with van der Waals surface area (Å²) in [5.41, 5.74) is 3.62. The SMILES string of the molecule is C[S+](C)C.Cc1ccn2nc(S(=O)(=O)Nc3c(F)cccc3F)nc2n1.Nc1c([N+](=O)[O-])cnn1-c1c(Cl)cc(C(F)(F)F)cc1Cl.O=C(O)CNCP(=O)([O-])O. The van der Waals surface area contributed by atoms with Crippen LogP contribution >= 0.6 is 30.8 Å². The summed E-state index contributed by atoms with van der Waals surface area (Å²) in [6, 6.07) is 5.87. The molecular formula is C28H30Cl2F5N10O9PS2. The van der Waals surface area contributed by atoms with Gasteiger partial charge in [-0.05, 0) is 48.2 Å². The predicted octanol–water partition coefficient (Wildman–Crippen LogP) is 3.86. The molecule has 2 aromatic carbocycles. The normalized spacial score (nSPS) is 12.3. The highest BCUT2D eigenvalue weighted by Crippen LogP contribution is 2.39. The van der Waals surface area contributed by atoms with Gasteiger partial charge in [0, 0.05) is 11.9 Å². The summed E-state index contributed by atoms with van der Waals surface area (Å²) in [7, 11) is -8.05. The van der Waals surface area contributed by atoms with E-state index < -0.39 is 87.1 Å². The molecule has 29 heteroatoms. The molecule has 5 aromatic rings. The maximum absolute atomic E-state index is 13.5. The summed E-state index contributed by atoms with van der Waals surface area (Å²) >= 11 is 11.5. The molecule has 57 heavy (non-hydrogen) atoms. The molecular weight excluding hydrogens is 881 g/mol. The van der Waals surface area contributed by atoms with Crippen LogP contribution < -0.4 is 20.7 Å². The van der Waals surface area contributed by atoms with Crippen molar-refractivity contribution in [2.24, 2.45) is 0 Å². The lowest BCUT2D eigenvalue weighted by Gasteiger charge is -2.14. The number of nitrogens with one attached hydrogen (secondary N) is 2. The van der Waals surface area contributed by atoms with Crippen LogP contribution in [-0.2, 0) is 36.5 Å². The van der Waals surface area contributed by atoms with Gasteiger partial charge in [-0.25, -0.2) is 23.0 Å². The first-order valence-corrected chi connectivity index (χ1v) is 21.3.